The first-order valence-corrected chi connectivity index (χ1v) is 7.07. The summed E-state index contributed by atoms with van der Waals surface area (Å²) in [5.41, 5.74) is 3.41. The number of benzene rings is 1. The number of nitrogens with one attached hydrogen (secondary N) is 1. The molecule has 1 nitrogen and oxygen atoms in total. The molecule has 0 radical (unpaired) electrons. The second-order valence-corrected chi connectivity index (χ2v) is 5.90. The van der Waals surface area contributed by atoms with Crippen LogP contribution in [0.2, 0.25) is 0 Å². The zero-order valence-electron chi connectivity index (χ0n) is 12.8. The molecule has 0 spiro atoms. The van der Waals surface area contributed by atoms with Gasteiger partial charge in [-0.3, -0.25) is 0 Å². The molecule has 0 aliphatic carbocycles. The van der Waals surface area contributed by atoms with E-state index in [9.17, 15) is 4.39 Å². The lowest BCUT2D eigenvalue weighted by molar-refractivity contribution is 0.558. The van der Waals surface area contributed by atoms with Crippen molar-refractivity contribution in [2.45, 2.75) is 34.6 Å². The molecule has 0 saturated carbocycles. The first-order chi connectivity index (χ1) is 8.90. The lowest BCUT2D eigenvalue weighted by Gasteiger charge is -2.15. The predicted molar refractivity (Wildman–Crippen MR) is 81.7 cm³/mol. The highest BCUT2D eigenvalue weighted by Crippen LogP contribution is 2.18. The standard InChI is InChI=1S/C17H26FN/c1-12(2)10-19-11-16(13(3)4)8-15-9-17(18)7-6-14(15)5/h6-9,12-13,19H,10-11H2,1-5H3/b16-8-. The maximum absolute atomic E-state index is 13.3. The third-order valence-corrected chi connectivity index (χ3v) is 3.21. The summed E-state index contributed by atoms with van der Waals surface area (Å²) in [7, 11) is 0. The molecule has 106 valence electrons. The average Bonchev–Trinajstić information content (AvgIpc) is 2.31. The van der Waals surface area contributed by atoms with E-state index in [1.165, 1.54) is 11.6 Å². The minimum absolute atomic E-state index is 0.171. The van der Waals surface area contributed by atoms with Crippen molar-refractivity contribution in [1.82, 2.24) is 5.32 Å². The van der Waals surface area contributed by atoms with Gasteiger partial charge in [-0.1, -0.05) is 45.4 Å². The highest BCUT2D eigenvalue weighted by Gasteiger charge is 2.06. The van der Waals surface area contributed by atoms with Crippen LogP contribution in [0.15, 0.2) is 23.8 Å². The quantitative estimate of drug-likeness (QED) is 0.801. The van der Waals surface area contributed by atoms with Gasteiger partial charge < -0.3 is 5.32 Å². The Kier molecular flexibility index (Phi) is 6.23. The smallest absolute Gasteiger partial charge is 0.123 e. The molecule has 1 aromatic carbocycles. The van der Waals surface area contributed by atoms with Gasteiger partial charge in [-0.2, -0.15) is 0 Å². The summed E-state index contributed by atoms with van der Waals surface area (Å²) in [6, 6.07) is 4.96. The molecule has 2 heteroatoms. The molecule has 0 heterocycles. The molecule has 0 bridgehead atoms. The molecule has 0 atom stereocenters. The van der Waals surface area contributed by atoms with Crippen molar-refractivity contribution in [1.29, 1.82) is 0 Å². The summed E-state index contributed by atoms with van der Waals surface area (Å²) in [4.78, 5) is 0. The van der Waals surface area contributed by atoms with Crippen molar-refractivity contribution in [3.05, 3.63) is 40.7 Å². The molecule has 1 aromatic rings. The van der Waals surface area contributed by atoms with Gasteiger partial charge in [0, 0.05) is 6.54 Å². The van der Waals surface area contributed by atoms with E-state index in [0.29, 0.717) is 11.8 Å². The van der Waals surface area contributed by atoms with Crippen LogP contribution in [0.3, 0.4) is 0 Å². The fourth-order valence-corrected chi connectivity index (χ4v) is 1.89. The molecule has 0 unspecified atom stereocenters. The molecule has 0 saturated heterocycles. The van der Waals surface area contributed by atoms with Gasteiger partial charge in [0.15, 0.2) is 0 Å². The van der Waals surface area contributed by atoms with Crippen LogP contribution in [-0.4, -0.2) is 13.1 Å². The van der Waals surface area contributed by atoms with Gasteiger partial charge in [-0.25, -0.2) is 4.39 Å². The van der Waals surface area contributed by atoms with Crippen molar-refractivity contribution in [3.63, 3.8) is 0 Å². The van der Waals surface area contributed by atoms with Gasteiger partial charge >= 0.3 is 0 Å². The van der Waals surface area contributed by atoms with Gasteiger partial charge in [0.05, 0.1) is 0 Å². The number of aryl methyl sites for hydroxylation is 1. The first kappa shape index (κ1) is 15.9. The topological polar surface area (TPSA) is 12.0 Å². The van der Waals surface area contributed by atoms with Gasteiger partial charge in [0.2, 0.25) is 0 Å². The molecular weight excluding hydrogens is 237 g/mol. The van der Waals surface area contributed by atoms with Crippen LogP contribution in [0.25, 0.3) is 6.08 Å². The molecule has 0 aromatic heterocycles. The Hall–Kier alpha value is -1.15. The zero-order valence-corrected chi connectivity index (χ0v) is 12.8. The summed E-state index contributed by atoms with van der Waals surface area (Å²) in [6.07, 6.45) is 2.12. The van der Waals surface area contributed by atoms with E-state index < -0.39 is 0 Å². The third kappa shape index (κ3) is 5.56. The molecule has 19 heavy (non-hydrogen) atoms. The van der Waals surface area contributed by atoms with Crippen molar-refractivity contribution in [3.8, 4) is 0 Å². The highest BCUT2D eigenvalue weighted by molar-refractivity contribution is 5.57. The maximum atomic E-state index is 13.3. The third-order valence-electron chi connectivity index (χ3n) is 3.21. The van der Waals surface area contributed by atoms with E-state index in [2.05, 4.69) is 39.1 Å². The van der Waals surface area contributed by atoms with E-state index >= 15 is 0 Å². The van der Waals surface area contributed by atoms with E-state index in [1.807, 2.05) is 13.0 Å². The molecule has 0 amide bonds. The van der Waals surface area contributed by atoms with Crippen molar-refractivity contribution < 1.29 is 4.39 Å². The Morgan fingerprint density at radius 3 is 2.53 bits per heavy atom. The van der Waals surface area contributed by atoms with E-state index in [4.69, 9.17) is 0 Å². The second kappa shape index (κ2) is 7.44. The maximum Gasteiger partial charge on any atom is 0.123 e. The Morgan fingerprint density at radius 2 is 1.95 bits per heavy atom. The van der Waals surface area contributed by atoms with Crippen LogP contribution in [0, 0.1) is 24.6 Å². The Balaban J connectivity index is 2.85. The van der Waals surface area contributed by atoms with E-state index in [-0.39, 0.29) is 5.82 Å². The number of hydrogen-bond acceptors (Lipinski definition) is 1. The molecule has 1 rings (SSSR count). The summed E-state index contributed by atoms with van der Waals surface area (Å²) in [6.45, 7) is 12.6. The van der Waals surface area contributed by atoms with Gasteiger partial charge in [-0.15, -0.1) is 0 Å². The lowest BCUT2D eigenvalue weighted by atomic mass is 9.98. The van der Waals surface area contributed by atoms with E-state index in [0.717, 1.165) is 24.2 Å². The Morgan fingerprint density at radius 1 is 1.26 bits per heavy atom. The van der Waals surface area contributed by atoms with Crippen molar-refractivity contribution >= 4 is 6.08 Å². The molecule has 0 fully saturated rings. The summed E-state index contributed by atoms with van der Waals surface area (Å²) in [5, 5.41) is 3.46. The van der Waals surface area contributed by atoms with Gasteiger partial charge in [0.1, 0.15) is 5.82 Å². The number of hydrogen-bond donors (Lipinski definition) is 1. The number of rotatable bonds is 6. The zero-order chi connectivity index (χ0) is 14.4. The largest absolute Gasteiger partial charge is 0.313 e. The fraction of sp³-hybridized carbons (Fsp3) is 0.529. The minimum atomic E-state index is -0.171. The van der Waals surface area contributed by atoms with E-state index in [1.54, 1.807) is 6.07 Å². The molecular formula is C17H26FN. The van der Waals surface area contributed by atoms with Crippen LogP contribution in [-0.2, 0) is 0 Å². The van der Waals surface area contributed by atoms with Crippen LogP contribution < -0.4 is 5.32 Å². The Labute approximate surface area is 116 Å². The predicted octanol–water partition coefficient (Wildman–Crippen LogP) is 4.42. The fourth-order valence-electron chi connectivity index (χ4n) is 1.89. The number of halogens is 1. The van der Waals surface area contributed by atoms with Gasteiger partial charge in [-0.05, 0) is 48.6 Å². The van der Waals surface area contributed by atoms with Crippen molar-refractivity contribution in [2.75, 3.05) is 13.1 Å². The van der Waals surface area contributed by atoms with Crippen LogP contribution in [0.4, 0.5) is 4.39 Å². The van der Waals surface area contributed by atoms with Crippen LogP contribution in [0.5, 0.6) is 0 Å². The van der Waals surface area contributed by atoms with Crippen LogP contribution >= 0.6 is 0 Å². The van der Waals surface area contributed by atoms with Gasteiger partial charge in [0.25, 0.3) is 0 Å². The molecule has 1 N–H and O–H groups in total. The minimum Gasteiger partial charge on any atom is -0.313 e. The second-order valence-electron chi connectivity index (χ2n) is 5.90. The monoisotopic (exact) mass is 263 g/mol. The average molecular weight is 263 g/mol. The lowest BCUT2D eigenvalue weighted by Crippen LogP contribution is -2.23. The van der Waals surface area contributed by atoms with Crippen LogP contribution in [0.1, 0.15) is 38.8 Å². The first-order valence-electron chi connectivity index (χ1n) is 7.07. The summed E-state index contributed by atoms with van der Waals surface area (Å²) >= 11 is 0. The molecule has 0 aliphatic heterocycles. The van der Waals surface area contributed by atoms with Crippen molar-refractivity contribution in [2.24, 2.45) is 11.8 Å². The summed E-state index contributed by atoms with van der Waals surface area (Å²) < 4.78 is 13.3. The summed E-state index contributed by atoms with van der Waals surface area (Å²) in [5.74, 6) is 0.932. The highest BCUT2D eigenvalue weighted by atomic mass is 19.1. The Bertz CT molecular complexity index is 433. The SMILES string of the molecule is Cc1ccc(F)cc1/C=C(/CNCC(C)C)C(C)C. The molecule has 0 aliphatic rings. The normalized spacial score (nSPS) is 12.5.